The summed E-state index contributed by atoms with van der Waals surface area (Å²) in [6, 6.07) is 14.2. The zero-order chi connectivity index (χ0) is 22.2. The minimum absolute atomic E-state index is 0.00313. The predicted octanol–water partition coefficient (Wildman–Crippen LogP) is 3.99. The third-order valence-electron chi connectivity index (χ3n) is 5.79. The van der Waals surface area contributed by atoms with Gasteiger partial charge in [0, 0.05) is 54.5 Å². The van der Waals surface area contributed by atoms with E-state index in [1.165, 1.54) is 24.3 Å². The first-order valence-corrected chi connectivity index (χ1v) is 10.3. The van der Waals surface area contributed by atoms with Crippen LogP contribution < -0.4 is 4.90 Å². The van der Waals surface area contributed by atoms with E-state index in [2.05, 4.69) is 9.88 Å². The molecule has 0 N–H and O–H groups in total. The van der Waals surface area contributed by atoms with Gasteiger partial charge in [-0.25, -0.2) is 9.97 Å². The zero-order valence-electron chi connectivity index (χ0n) is 17.0. The Hall–Kier alpha value is -3.92. The number of hydrogen-bond donors (Lipinski definition) is 0. The topological polar surface area (TPSA) is 125 Å². The van der Waals surface area contributed by atoms with E-state index in [9.17, 15) is 20.2 Å². The molecule has 5 rings (SSSR count). The molecule has 2 aliphatic rings. The molecule has 2 aliphatic heterocycles. The molecule has 2 fully saturated rings. The Morgan fingerprint density at radius 2 is 1.34 bits per heavy atom. The molecule has 0 radical (unpaired) electrons. The Morgan fingerprint density at radius 3 is 1.88 bits per heavy atom. The lowest BCUT2D eigenvalue weighted by Gasteiger charge is -2.33. The van der Waals surface area contributed by atoms with Gasteiger partial charge in [0.05, 0.1) is 27.7 Å². The van der Waals surface area contributed by atoms with Crippen LogP contribution in [0.5, 0.6) is 0 Å². The molecule has 162 valence electrons. The van der Waals surface area contributed by atoms with Crippen LogP contribution >= 0.6 is 0 Å². The number of aromatic nitrogens is 2. The third-order valence-corrected chi connectivity index (χ3v) is 5.79. The van der Waals surface area contributed by atoms with Crippen molar-refractivity contribution >= 4 is 17.2 Å². The second-order valence-electron chi connectivity index (χ2n) is 7.91. The number of hydrogen-bond acceptors (Lipinski definition) is 8. The Morgan fingerprint density at radius 1 is 0.812 bits per heavy atom. The fourth-order valence-electron chi connectivity index (χ4n) is 4.16. The summed E-state index contributed by atoms with van der Waals surface area (Å²) in [4.78, 5) is 32.7. The summed E-state index contributed by atoms with van der Waals surface area (Å²) >= 11 is 0. The quantitative estimate of drug-likeness (QED) is 0.437. The zero-order valence-corrected chi connectivity index (χ0v) is 17.0. The highest BCUT2D eigenvalue weighted by Crippen LogP contribution is 2.32. The number of benzene rings is 2. The summed E-state index contributed by atoms with van der Waals surface area (Å²) in [5.41, 5.74) is 1.99. The molecule has 2 aromatic carbocycles. The van der Waals surface area contributed by atoms with E-state index in [0.717, 1.165) is 37.3 Å². The van der Waals surface area contributed by atoms with Gasteiger partial charge in [0.1, 0.15) is 5.82 Å². The van der Waals surface area contributed by atoms with E-state index >= 15 is 0 Å². The average Bonchev–Trinajstić information content (AvgIpc) is 3.16. The summed E-state index contributed by atoms with van der Waals surface area (Å²) in [5, 5.41) is 22.0. The molecule has 0 spiro atoms. The molecule has 10 heteroatoms. The Labute approximate surface area is 182 Å². The third kappa shape index (κ3) is 3.87. The molecule has 0 aliphatic carbocycles. The highest BCUT2D eigenvalue weighted by molar-refractivity contribution is 5.69. The Bertz CT molecular complexity index is 1090. The number of morpholine rings is 1. The predicted molar refractivity (Wildman–Crippen MR) is 116 cm³/mol. The monoisotopic (exact) mass is 433 g/mol. The Balaban J connectivity index is 1.57. The van der Waals surface area contributed by atoms with Crippen molar-refractivity contribution in [1.29, 1.82) is 0 Å². The van der Waals surface area contributed by atoms with Gasteiger partial charge in [-0.3, -0.25) is 20.2 Å². The molecular formula is C22H19N5O5. The van der Waals surface area contributed by atoms with E-state index in [1.54, 1.807) is 24.3 Å². The Kier molecular flexibility index (Phi) is 4.98. The summed E-state index contributed by atoms with van der Waals surface area (Å²) < 4.78 is 5.94. The minimum Gasteiger partial charge on any atom is -0.371 e. The molecule has 2 bridgehead atoms. The first kappa shape index (κ1) is 20.0. The maximum absolute atomic E-state index is 11.0. The smallest absolute Gasteiger partial charge is 0.269 e. The van der Waals surface area contributed by atoms with Crippen molar-refractivity contribution in [1.82, 2.24) is 9.97 Å². The van der Waals surface area contributed by atoms with E-state index in [-0.39, 0.29) is 23.6 Å². The van der Waals surface area contributed by atoms with Gasteiger partial charge in [-0.15, -0.1) is 0 Å². The first-order valence-electron chi connectivity index (χ1n) is 10.3. The van der Waals surface area contributed by atoms with Gasteiger partial charge in [-0.1, -0.05) is 0 Å². The fourth-order valence-corrected chi connectivity index (χ4v) is 4.16. The lowest BCUT2D eigenvalue weighted by molar-refractivity contribution is -0.385. The van der Waals surface area contributed by atoms with Crippen LogP contribution in [-0.2, 0) is 4.74 Å². The van der Waals surface area contributed by atoms with E-state index < -0.39 is 9.85 Å². The van der Waals surface area contributed by atoms with Crippen LogP contribution in [0, 0.1) is 20.2 Å². The van der Waals surface area contributed by atoms with Crippen molar-refractivity contribution in [3.63, 3.8) is 0 Å². The molecule has 0 amide bonds. The molecule has 0 saturated carbocycles. The van der Waals surface area contributed by atoms with E-state index in [4.69, 9.17) is 9.72 Å². The molecule has 2 unspecified atom stereocenters. The maximum atomic E-state index is 11.0. The molecule has 2 atom stereocenters. The number of nitrogens with zero attached hydrogens (tertiary/aromatic N) is 5. The molecule has 3 aromatic rings. The van der Waals surface area contributed by atoms with Crippen molar-refractivity contribution in [3.8, 4) is 22.6 Å². The molecular weight excluding hydrogens is 414 g/mol. The van der Waals surface area contributed by atoms with Gasteiger partial charge < -0.3 is 9.64 Å². The molecule has 1 aromatic heterocycles. The van der Waals surface area contributed by atoms with E-state index in [0.29, 0.717) is 17.1 Å². The van der Waals surface area contributed by atoms with Gasteiger partial charge in [0.15, 0.2) is 5.82 Å². The number of nitro benzene ring substituents is 2. The maximum Gasteiger partial charge on any atom is 0.269 e. The number of ether oxygens (including phenoxy) is 1. The van der Waals surface area contributed by atoms with Crippen molar-refractivity contribution in [2.24, 2.45) is 0 Å². The fraction of sp³-hybridized carbons (Fsp3) is 0.273. The van der Waals surface area contributed by atoms with Crippen LogP contribution in [0.3, 0.4) is 0 Å². The van der Waals surface area contributed by atoms with Crippen LogP contribution in [0.4, 0.5) is 17.2 Å². The standard InChI is InChI=1S/C22H19N5O5/c28-26(29)16-5-1-14(2-6-16)20-11-21(25-12-18-9-10-19(13-25)32-18)24-22(23-20)15-3-7-17(8-4-15)27(30)31/h1-8,11,18-19H,9-10,12-13H2. The van der Waals surface area contributed by atoms with Crippen molar-refractivity contribution in [3.05, 3.63) is 74.8 Å². The van der Waals surface area contributed by atoms with Gasteiger partial charge in [-0.05, 0) is 37.1 Å². The molecule has 2 saturated heterocycles. The number of non-ortho nitro benzene ring substituents is 2. The normalized spacial score (nSPS) is 19.7. The number of rotatable bonds is 5. The summed E-state index contributed by atoms with van der Waals surface area (Å²) in [7, 11) is 0. The van der Waals surface area contributed by atoms with Crippen LogP contribution in [0.25, 0.3) is 22.6 Å². The van der Waals surface area contributed by atoms with Crippen molar-refractivity contribution < 1.29 is 14.6 Å². The summed E-state index contributed by atoms with van der Waals surface area (Å²) in [6.45, 7) is 1.46. The lowest BCUT2D eigenvalue weighted by atomic mass is 10.1. The van der Waals surface area contributed by atoms with Crippen molar-refractivity contribution in [2.45, 2.75) is 25.0 Å². The minimum atomic E-state index is -0.452. The van der Waals surface area contributed by atoms with Gasteiger partial charge >= 0.3 is 0 Å². The highest BCUT2D eigenvalue weighted by atomic mass is 16.6. The number of anilines is 1. The highest BCUT2D eigenvalue weighted by Gasteiger charge is 2.34. The largest absolute Gasteiger partial charge is 0.371 e. The van der Waals surface area contributed by atoms with Crippen LogP contribution in [-0.4, -0.2) is 45.1 Å². The number of nitro groups is 2. The molecule has 32 heavy (non-hydrogen) atoms. The second kappa shape index (κ2) is 7.97. The van der Waals surface area contributed by atoms with Gasteiger partial charge in [-0.2, -0.15) is 0 Å². The van der Waals surface area contributed by atoms with Crippen LogP contribution in [0.15, 0.2) is 54.6 Å². The summed E-state index contributed by atoms with van der Waals surface area (Å²) in [6.07, 6.45) is 2.40. The second-order valence-corrected chi connectivity index (χ2v) is 7.91. The number of fused-ring (bicyclic) bond motifs is 2. The summed E-state index contributed by atoms with van der Waals surface area (Å²) in [5.74, 6) is 1.17. The SMILES string of the molecule is O=[N+]([O-])c1ccc(-c2cc(N3CC4CCC(C3)O4)nc(-c3ccc([N+](=O)[O-])cc3)n2)cc1. The average molecular weight is 433 g/mol. The van der Waals surface area contributed by atoms with Gasteiger partial charge in [0.25, 0.3) is 11.4 Å². The van der Waals surface area contributed by atoms with Crippen LogP contribution in [0.2, 0.25) is 0 Å². The molecule has 10 nitrogen and oxygen atoms in total. The van der Waals surface area contributed by atoms with Gasteiger partial charge in [0.2, 0.25) is 0 Å². The first-order chi connectivity index (χ1) is 15.5. The van der Waals surface area contributed by atoms with Crippen LogP contribution in [0.1, 0.15) is 12.8 Å². The van der Waals surface area contributed by atoms with Crippen molar-refractivity contribution in [2.75, 3.05) is 18.0 Å². The van der Waals surface area contributed by atoms with E-state index in [1.807, 2.05) is 6.07 Å². The molecule has 3 heterocycles. The lowest BCUT2D eigenvalue weighted by Crippen LogP contribution is -2.43.